The molecule has 9 heteroatoms. The Morgan fingerprint density at radius 3 is 2.39 bits per heavy atom. The third-order valence-electron chi connectivity index (χ3n) is 5.60. The summed E-state index contributed by atoms with van der Waals surface area (Å²) in [4.78, 5) is 22.9. The van der Waals surface area contributed by atoms with Gasteiger partial charge in [0.2, 0.25) is 0 Å². The Hall–Kier alpha value is -2.39. The second kappa shape index (κ2) is 7.55. The Morgan fingerprint density at radius 2 is 1.89 bits per heavy atom. The fourth-order valence-corrected chi connectivity index (χ4v) is 3.87. The maximum Gasteiger partial charge on any atom is 0.338 e. The molecule has 1 N–H and O–H groups in total. The van der Waals surface area contributed by atoms with Crippen molar-refractivity contribution >= 4 is 30.9 Å². The van der Waals surface area contributed by atoms with Gasteiger partial charge in [0.1, 0.15) is 6.61 Å². The molecule has 0 bridgehead atoms. The number of carbonyl (C=O) groups is 1. The lowest BCUT2D eigenvalue weighted by Gasteiger charge is -2.36. The third-order valence-corrected chi connectivity index (χ3v) is 10.1. The van der Waals surface area contributed by atoms with E-state index >= 15 is 0 Å². The lowest BCUT2D eigenvalue weighted by Crippen LogP contribution is -2.41. The van der Waals surface area contributed by atoms with Gasteiger partial charge in [0.25, 0.3) is 0 Å². The van der Waals surface area contributed by atoms with Crippen LogP contribution in [0.1, 0.15) is 36.8 Å². The van der Waals surface area contributed by atoms with Crippen molar-refractivity contribution in [3.8, 4) is 5.75 Å². The summed E-state index contributed by atoms with van der Waals surface area (Å²) in [5, 5.41) is 21.5. The molecule has 154 valence electrons. The van der Waals surface area contributed by atoms with Gasteiger partial charge in [0.15, 0.2) is 14.1 Å². The molecular formula is C19H28N2O6Si. The topological polar surface area (TPSA) is 104 Å². The Balaban J connectivity index is 2.36. The first-order valence-corrected chi connectivity index (χ1v) is 12.0. The van der Waals surface area contributed by atoms with Crippen LogP contribution in [0.3, 0.4) is 0 Å². The maximum atomic E-state index is 11.8. The van der Waals surface area contributed by atoms with Crippen LogP contribution < -0.4 is 4.74 Å². The van der Waals surface area contributed by atoms with E-state index < -0.39 is 19.2 Å². The summed E-state index contributed by atoms with van der Waals surface area (Å²) in [5.41, 5.74) is 0.522. The van der Waals surface area contributed by atoms with Gasteiger partial charge in [-0.15, -0.1) is 0 Å². The van der Waals surface area contributed by atoms with Crippen molar-refractivity contribution in [1.82, 2.24) is 4.57 Å². The number of rotatable bonds is 7. The van der Waals surface area contributed by atoms with E-state index in [0.29, 0.717) is 17.8 Å². The average Bonchev–Trinajstić information content (AvgIpc) is 2.81. The number of nitrogens with zero attached hydrogens (tertiary/aromatic N) is 2. The van der Waals surface area contributed by atoms with Crippen molar-refractivity contribution in [2.75, 3.05) is 13.2 Å². The SMILES string of the molecule is Cc1c(C(=O)O)c2c([N+](=O)[O-])c(OCCO[Si](C)(C)C(C)(C)C)ccc2n1C. The third kappa shape index (κ3) is 3.90. The van der Waals surface area contributed by atoms with Crippen LogP contribution in [0.4, 0.5) is 5.69 Å². The molecule has 0 saturated carbocycles. The second-order valence-corrected chi connectivity index (χ2v) is 13.2. The zero-order chi connectivity index (χ0) is 21.4. The predicted octanol–water partition coefficient (Wildman–Crippen LogP) is 4.49. The largest absolute Gasteiger partial charge is 0.484 e. The molecule has 0 radical (unpaired) electrons. The van der Waals surface area contributed by atoms with Crippen molar-refractivity contribution in [3.63, 3.8) is 0 Å². The molecule has 0 saturated heterocycles. The second-order valence-electron chi connectivity index (χ2n) is 8.35. The molecule has 0 spiro atoms. The predicted molar refractivity (Wildman–Crippen MR) is 110 cm³/mol. The molecule has 28 heavy (non-hydrogen) atoms. The van der Waals surface area contributed by atoms with Gasteiger partial charge in [-0.1, -0.05) is 20.8 Å². The molecule has 0 aliphatic rings. The molecule has 1 aromatic carbocycles. The summed E-state index contributed by atoms with van der Waals surface area (Å²) in [6.45, 7) is 12.7. The number of aromatic carboxylic acids is 1. The van der Waals surface area contributed by atoms with Crippen LogP contribution >= 0.6 is 0 Å². The molecule has 0 atom stereocenters. The number of fused-ring (bicyclic) bond motifs is 1. The van der Waals surface area contributed by atoms with E-state index in [1.807, 2.05) is 0 Å². The van der Waals surface area contributed by atoms with E-state index in [0.717, 1.165) is 0 Å². The highest BCUT2D eigenvalue weighted by Gasteiger charge is 2.37. The number of ether oxygens (including phenoxy) is 1. The van der Waals surface area contributed by atoms with Gasteiger partial charge in [-0.25, -0.2) is 4.79 Å². The van der Waals surface area contributed by atoms with Gasteiger partial charge in [0.05, 0.1) is 28.0 Å². The van der Waals surface area contributed by atoms with E-state index in [4.69, 9.17) is 9.16 Å². The van der Waals surface area contributed by atoms with Crippen LogP contribution in [0.15, 0.2) is 12.1 Å². The highest BCUT2D eigenvalue weighted by atomic mass is 28.4. The Kier molecular flexibility index (Phi) is 5.91. The summed E-state index contributed by atoms with van der Waals surface area (Å²) in [6.07, 6.45) is 0. The molecule has 0 unspecified atom stereocenters. The maximum absolute atomic E-state index is 11.8. The number of carboxylic acid groups (broad SMARTS) is 1. The highest BCUT2D eigenvalue weighted by Crippen LogP contribution is 2.40. The van der Waals surface area contributed by atoms with Gasteiger partial charge < -0.3 is 18.8 Å². The van der Waals surface area contributed by atoms with Crippen molar-refractivity contribution in [1.29, 1.82) is 0 Å². The molecular weight excluding hydrogens is 380 g/mol. The minimum atomic E-state index is -1.95. The molecule has 2 rings (SSSR count). The zero-order valence-corrected chi connectivity index (χ0v) is 18.5. The molecule has 0 aliphatic heterocycles. The molecule has 0 amide bonds. The van der Waals surface area contributed by atoms with Crippen molar-refractivity contribution in [2.24, 2.45) is 7.05 Å². The molecule has 1 aromatic heterocycles. The summed E-state index contributed by atoms with van der Waals surface area (Å²) < 4.78 is 13.3. The highest BCUT2D eigenvalue weighted by molar-refractivity contribution is 6.74. The van der Waals surface area contributed by atoms with Crippen LogP contribution in [-0.2, 0) is 11.5 Å². The average molecular weight is 409 g/mol. The Bertz CT molecular complexity index is 927. The van der Waals surface area contributed by atoms with Crippen LogP contribution in [0.2, 0.25) is 18.1 Å². The molecule has 0 fully saturated rings. The first-order valence-electron chi connectivity index (χ1n) is 9.06. The van der Waals surface area contributed by atoms with Gasteiger partial charge >= 0.3 is 11.7 Å². The first kappa shape index (κ1) is 21.9. The number of nitro groups is 1. The molecule has 0 aliphatic carbocycles. The molecule has 1 heterocycles. The lowest BCUT2D eigenvalue weighted by atomic mass is 10.1. The number of carboxylic acids is 1. The number of nitro benzene ring substituents is 1. The lowest BCUT2D eigenvalue weighted by molar-refractivity contribution is -0.384. The van der Waals surface area contributed by atoms with Gasteiger partial charge in [-0.2, -0.15) is 0 Å². The van der Waals surface area contributed by atoms with Crippen LogP contribution in [0, 0.1) is 17.0 Å². The van der Waals surface area contributed by atoms with E-state index in [-0.39, 0.29) is 34.0 Å². The van der Waals surface area contributed by atoms with Crippen molar-refractivity contribution in [2.45, 2.75) is 45.8 Å². The minimum Gasteiger partial charge on any atom is -0.484 e. The molecule has 2 aromatic rings. The fraction of sp³-hybridized carbons (Fsp3) is 0.526. The quantitative estimate of drug-likeness (QED) is 0.313. The van der Waals surface area contributed by atoms with Crippen molar-refractivity contribution in [3.05, 3.63) is 33.5 Å². The Labute approximate surface area is 165 Å². The summed E-state index contributed by atoms with van der Waals surface area (Å²) >= 11 is 0. The standard InChI is InChI=1S/C19H28N2O6Si/c1-12-15(18(22)23)16-13(20(12)5)8-9-14(17(16)21(24)25)26-10-11-27-28(6,7)19(2,3)4/h8-9H,10-11H2,1-7H3,(H,22,23). The Morgan fingerprint density at radius 1 is 1.29 bits per heavy atom. The van der Waals surface area contributed by atoms with Gasteiger partial charge in [0, 0.05) is 12.7 Å². The normalized spacial score (nSPS) is 12.4. The van der Waals surface area contributed by atoms with E-state index in [9.17, 15) is 20.0 Å². The number of aryl methyl sites for hydroxylation is 1. The zero-order valence-electron chi connectivity index (χ0n) is 17.5. The van der Waals surface area contributed by atoms with Gasteiger partial charge in [-0.3, -0.25) is 10.1 Å². The van der Waals surface area contributed by atoms with Gasteiger partial charge in [-0.05, 0) is 37.2 Å². The van der Waals surface area contributed by atoms with E-state index in [2.05, 4.69) is 33.9 Å². The number of hydrogen-bond acceptors (Lipinski definition) is 5. The van der Waals surface area contributed by atoms with Crippen molar-refractivity contribution < 1.29 is 24.0 Å². The van der Waals surface area contributed by atoms with Crippen LogP contribution in [-0.4, -0.2) is 42.1 Å². The first-order chi connectivity index (χ1) is 12.8. The summed E-state index contributed by atoms with van der Waals surface area (Å²) in [7, 11) is -0.263. The molecule has 8 nitrogen and oxygen atoms in total. The number of hydrogen-bond donors (Lipinski definition) is 1. The van der Waals surface area contributed by atoms with Crippen LogP contribution in [0.5, 0.6) is 5.75 Å². The van der Waals surface area contributed by atoms with E-state index in [1.165, 1.54) is 6.07 Å². The number of benzene rings is 1. The van der Waals surface area contributed by atoms with Crippen LogP contribution in [0.25, 0.3) is 10.9 Å². The monoisotopic (exact) mass is 408 g/mol. The van der Waals surface area contributed by atoms with E-state index in [1.54, 1.807) is 24.6 Å². The summed E-state index contributed by atoms with van der Waals surface area (Å²) in [5.74, 6) is -1.16. The fourth-order valence-electron chi connectivity index (χ4n) is 2.84. The number of aromatic nitrogens is 1. The minimum absolute atomic E-state index is 0.0458. The summed E-state index contributed by atoms with van der Waals surface area (Å²) in [6, 6.07) is 3.16. The smallest absolute Gasteiger partial charge is 0.338 e.